The third-order valence-corrected chi connectivity index (χ3v) is 3.61. The van der Waals surface area contributed by atoms with E-state index >= 15 is 0 Å². The molecule has 0 saturated carbocycles. The van der Waals surface area contributed by atoms with E-state index in [1.807, 2.05) is 0 Å². The van der Waals surface area contributed by atoms with Gasteiger partial charge in [-0.2, -0.15) is 0 Å². The Balaban J connectivity index is 2.26. The topological polar surface area (TPSA) is 35.2 Å². The summed E-state index contributed by atoms with van der Waals surface area (Å²) in [6.45, 7) is 1.22. The van der Waals surface area contributed by atoms with E-state index in [4.69, 9.17) is 10.5 Å². The van der Waals surface area contributed by atoms with Crippen molar-refractivity contribution in [3.05, 3.63) is 33.8 Å². The average molecular weight is 306 g/mol. The first-order valence-electron chi connectivity index (χ1n) is 5.57. The summed E-state index contributed by atoms with van der Waals surface area (Å²) >= 11 is 3.05. The van der Waals surface area contributed by atoms with Crippen LogP contribution in [0.2, 0.25) is 0 Å². The van der Waals surface area contributed by atoms with Crippen molar-refractivity contribution in [3.8, 4) is 0 Å². The molecule has 0 aromatic heterocycles. The van der Waals surface area contributed by atoms with Crippen LogP contribution in [0.15, 0.2) is 16.6 Å². The summed E-state index contributed by atoms with van der Waals surface area (Å²) in [7, 11) is 0. The van der Waals surface area contributed by atoms with E-state index < -0.39 is 17.7 Å². The van der Waals surface area contributed by atoms with Gasteiger partial charge in [-0.1, -0.05) is 15.9 Å². The minimum absolute atomic E-state index is 0.0138. The summed E-state index contributed by atoms with van der Waals surface area (Å²) in [5.41, 5.74) is 5.96. The summed E-state index contributed by atoms with van der Waals surface area (Å²) in [5.74, 6) is -1.10. The first-order valence-corrected chi connectivity index (χ1v) is 6.36. The summed E-state index contributed by atoms with van der Waals surface area (Å²) < 4.78 is 33.1. The van der Waals surface area contributed by atoms with Crippen LogP contribution in [0.5, 0.6) is 0 Å². The average Bonchev–Trinajstić information content (AvgIpc) is 2.28. The molecule has 94 valence electrons. The van der Waals surface area contributed by atoms with Crippen LogP contribution in [0.4, 0.5) is 8.78 Å². The molecule has 1 fully saturated rings. The third kappa shape index (κ3) is 2.84. The van der Waals surface area contributed by atoms with Gasteiger partial charge in [-0.05, 0) is 30.9 Å². The number of nitrogens with two attached hydrogens (primary N) is 1. The molecule has 0 amide bonds. The van der Waals surface area contributed by atoms with E-state index in [1.54, 1.807) is 0 Å². The van der Waals surface area contributed by atoms with Crippen molar-refractivity contribution < 1.29 is 13.5 Å². The summed E-state index contributed by atoms with van der Waals surface area (Å²) in [5, 5.41) is 0. The van der Waals surface area contributed by atoms with Gasteiger partial charge in [0.05, 0.1) is 0 Å². The molecule has 0 unspecified atom stereocenters. The van der Waals surface area contributed by atoms with Gasteiger partial charge in [0.2, 0.25) is 0 Å². The molecule has 2 rings (SSSR count). The zero-order valence-electron chi connectivity index (χ0n) is 9.26. The van der Waals surface area contributed by atoms with Gasteiger partial charge in [-0.15, -0.1) is 0 Å². The molecule has 1 heterocycles. The molecule has 2 N–H and O–H groups in total. The fraction of sp³-hybridized carbons (Fsp3) is 0.500. The van der Waals surface area contributed by atoms with Crippen LogP contribution in [-0.2, 0) is 4.74 Å². The standard InChI is InChI=1S/C12H14BrF2NO/c13-8-5-9(14)11(10(15)6-8)12(16)7-1-3-17-4-2-7/h5-7,12H,1-4,16H2/t12-/m1/s1. The summed E-state index contributed by atoms with van der Waals surface area (Å²) in [6.07, 6.45) is 1.49. The Labute approximate surface area is 107 Å². The molecule has 0 spiro atoms. The fourth-order valence-corrected chi connectivity index (χ4v) is 2.58. The lowest BCUT2D eigenvalue weighted by molar-refractivity contribution is 0.0576. The number of hydrogen-bond donors (Lipinski definition) is 1. The zero-order chi connectivity index (χ0) is 12.4. The molecular weight excluding hydrogens is 292 g/mol. The van der Waals surface area contributed by atoms with Crippen LogP contribution in [0, 0.1) is 17.6 Å². The molecule has 2 nitrogen and oxygen atoms in total. The van der Waals surface area contributed by atoms with Gasteiger partial charge in [0.25, 0.3) is 0 Å². The highest BCUT2D eigenvalue weighted by molar-refractivity contribution is 9.10. The second-order valence-corrected chi connectivity index (χ2v) is 5.17. The van der Waals surface area contributed by atoms with E-state index in [-0.39, 0.29) is 11.5 Å². The van der Waals surface area contributed by atoms with Crippen LogP contribution < -0.4 is 5.73 Å². The molecule has 1 aliphatic rings. The fourth-order valence-electron chi connectivity index (χ4n) is 2.18. The molecule has 0 bridgehead atoms. The van der Waals surface area contributed by atoms with E-state index in [9.17, 15) is 8.78 Å². The Morgan fingerprint density at radius 3 is 2.29 bits per heavy atom. The number of hydrogen-bond acceptors (Lipinski definition) is 2. The first-order chi connectivity index (χ1) is 8.09. The Hall–Kier alpha value is -0.520. The number of ether oxygens (including phenoxy) is 1. The molecular formula is C12H14BrF2NO. The first kappa shape index (κ1) is 12.9. The van der Waals surface area contributed by atoms with E-state index in [2.05, 4.69) is 15.9 Å². The molecule has 0 aliphatic carbocycles. The molecule has 1 atom stereocenters. The maximum atomic E-state index is 13.7. The van der Waals surface area contributed by atoms with Gasteiger partial charge in [0.15, 0.2) is 0 Å². The van der Waals surface area contributed by atoms with Gasteiger partial charge in [-0.25, -0.2) is 8.78 Å². The Morgan fingerprint density at radius 1 is 1.24 bits per heavy atom. The van der Waals surface area contributed by atoms with Crippen LogP contribution in [0.3, 0.4) is 0 Å². The van der Waals surface area contributed by atoms with Crippen LogP contribution in [0.25, 0.3) is 0 Å². The zero-order valence-corrected chi connectivity index (χ0v) is 10.8. The molecule has 1 aliphatic heterocycles. The molecule has 17 heavy (non-hydrogen) atoms. The highest BCUT2D eigenvalue weighted by Crippen LogP contribution is 2.32. The Bertz CT molecular complexity index is 384. The van der Waals surface area contributed by atoms with Crippen molar-refractivity contribution in [2.24, 2.45) is 11.7 Å². The van der Waals surface area contributed by atoms with Gasteiger partial charge in [0, 0.05) is 29.3 Å². The van der Waals surface area contributed by atoms with Gasteiger partial charge >= 0.3 is 0 Å². The number of halogens is 3. The number of benzene rings is 1. The lowest BCUT2D eigenvalue weighted by atomic mass is 9.87. The normalized spacial score (nSPS) is 19.3. The third-order valence-electron chi connectivity index (χ3n) is 3.15. The number of rotatable bonds is 2. The largest absolute Gasteiger partial charge is 0.381 e. The second kappa shape index (κ2) is 5.42. The molecule has 1 saturated heterocycles. The predicted octanol–water partition coefficient (Wildman–Crippen LogP) is 3.15. The van der Waals surface area contributed by atoms with E-state index in [1.165, 1.54) is 12.1 Å². The molecule has 0 radical (unpaired) electrons. The summed E-state index contributed by atoms with van der Waals surface area (Å²) in [4.78, 5) is 0. The van der Waals surface area contributed by atoms with Crippen LogP contribution >= 0.6 is 15.9 Å². The second-order valence-electron chi connectivity index (χ2n) is 4.26. The maximum absolute atomic E-state index is 13.7. The van der Waals surface area contributed by atoms with Crippen molar-refractivity contribution in [1.82, 2.24) is 0 Å². The van der Waals surface area contributed by atoms with Gasteiger partial charge in [0.1, 0.15) is 11.6 Å². The van der Waals surface area contributed by atoms with Gasteiger partial charge in [-0.3, -0.25) is 0 Å². The van der Waals surface area contributed by atoms with Crippen molar-refractivity contribution in [3.63, 3.8) is 0 Å². The predicted molar refractivity (Wildman–Crippen MR) is 64.5 cm³/mol. The van der Waals surface area contributed by atoms with Crippen molar-refractivity contribution >= 4 is 15.9 Å². The SMILES string of the molecule is N[C@@H](c1c(F)cc(Br)cc1F)C1CCOCC1. The maximum Gasteiger partial charge on any atom is 0.132 e. The van der Waals surface area contributed by atoms with Crippen LogP contribution in [0.1, 0.15) is 24.4 Å². The smallest absolute Gasteiger partial charge is 0.132 e. The monoisotopic (exact) mass is 305 g/mol. The lowest BCUT2D eigenvalue weighted by Gasteiger charge is -2.28. The van der Waals surface area contributed by atoms with Crippen molar-refractivity contribution in [2.75, 3.05) is 13.2 Å². The Morgan fingerprint density at radius 2 is 1.76 bits per heavy atom. The van der Waals surface area contributed by atoms with E-state index in [0.29, 0.717) is 17.7 Å². The summed E-state index contributed by atoms with van der Waals surface area (Å²) in [6, 6.07) is 1.89. The highest BCUT2D eigenvalue weighted by Gasteiger charge is 2.27. The van der Waals surface area contributed by atoms with Gasteiger partial charge < -0.3 is 10.5 Å². The minimum atomic E-state index is -0.605. The molecule has 5 heteroatoms. The van der Waals surface area contributed by atoms with Crippen molar-refractivity contribution in [2.45, 2.75) is 18.9 Å². The highest BCUT2D eigenvalue weighted by atomic mass is 79.9. The van der Waals surface area contributed by atoms with Crippen LogP contribution in [-0.4, -0.2) is 13.2 Å². The quantitative estimate of drug-likeness (QED) is 0.911. The lowest BCUT2D eigenvalue weighted by Crippen LogP contribution is -2.29. The van der Waals surface area contributed by atoms with Crippen molar-refractivity contribution in [1.29, 1.82) is 0 Å². The minimum Gasteiger partial charge on any atom is -0.381 e. The Kier molecular flexibility index (Phi) is 4.12. The molecule has 1 aromatic rings. The van der Waals surface area contributed by atoms with E-state index in [0.717, 1.165) is 12.8 Å². The molecule has 1 aromatic carbocycles.